The van der Waals surface area contributed by atoms with E-state index in [0.717, 1.165) is 18.2 Å². The number of hydrogen-bond donors (Lipinski definition) is 4. The van der Waals surface area contributed by atoms with Crippen LogP contribution in [0.25, 0.3) is 0 Å². The molecule has 0 saturated carbocycles. The Labute approximate surface area is 119 Å². The molecule has 0 aliphatic heterocycles. The fraction of sp³-hybridized carbons (Fsp3) is 0.308. The number of carbonyl (C=O) groups excluding carboxylic acids is 1. The van der Waals surface area contributed by atoms with Crippen LogP contribution in [0.5, 0.6) is 0 Å². The number of carboxylic acid groups (broad SMARTS) is 2. The number of esters is 1. The molecule has 4 N–H and O–H groups in total. The molecule has 21 heavy (non-hydrogen) atoms. The largest absolute Gasteiger partial charge is 0.478 e. The molecule has 0 aromatic heterocycles. The van der Waals surface area contributed by atoms with Gasteiger partial charge in [0.1, 0.15) is 6.10 Å². The fourth-order valence-electron chi connectivity index (χ4n) is 1.66. The predicted octanol–water partition coefficient (Wildman–Crippen LogP) is 0.0404. The first-order valence-corrected chi connectivity index (χ1v) is 5.92. The van der Waals surface area contributed by atoms with E-state index in [-0.39, 0.29) is 17.7 Å². The highest BCUT2D eigenvalue weighted by Crippen LogP contribution is 2.24. The number of aromatic carboxylic acids is 2. The van der Waals surface area contributed by atoms with Crippen LogP contribution in [0.1, 0.15) is 39.3 Å². The molecule has 0 amide bonds. The third-order valence-corrected chi connectivity index (χ3v) is 2.67. The SMILES string of the molecule is CCOC(=O)C(O)C(O)c1cc(C(=O)O)ccc1C(=O)O. The molecule has 8 nitrogen and oxygen atoms in total. The van der Waals surface area contributed by atoms with Crippen molar-refractivity contribution < 1.29 is 39.5 Å². The van der Waals surface area contributed by atoms with E-state index in [1.165, 1.54) is 6.92 Å². The lowest BCUT2D eigenvalue weighted by molar-refractivity contribution is -0.159. The van der Waals surface area contributed by atoms with Gasteiger partial charge in [0.2, 0.25) is 0 Å². The summed E-state index contributed by atoms with van der Waals surface area (Å²) in [7, 11) is 0. The third-order valence-electron chi connectivity index (χ3n) is 2.67. The molecule has 0 aliphatic carbocycles. The number of carbonyl (C=O) groups is 3. The number of ether oxygens (including phenoxy) is 1. The predicted molar refractivity (Wildman–Crippen MR) is 68.0 cm³/mol. The first kappa shape index (κ1) is 16.6. The highest BCUT2D eigenvalue weighted by atomic mass is 16.5. The number of aliphatic hydroxyl groups is 2. The second-order valence-corrected chi connectivity index (χ2v) is 4.05. The summed E-state index contributed by atoms with van der Waals surface area (Å²) in [5.41, 5.74) is -1.09. The molecule has 1 aromatic rings. The normalized spacial score (nSPS) is 13.3. The van der Waals surface area contributed by atoms with Crippen LogP contribution in [0.4, 0.5) is 0 Å². The molecule has 0 saturated heterocycles. The Balaban J connectivity index is 3.24. The Hall–Kier alpha value is -2.45. The zero-order chi connectivity index (χ0) is 16.2. The van der Waals surface area contributed by atoms with Crippen molar-refractivity contribution in [2.45, 2.75) is 19.1 Å². The summed E-state index contributed by atoms with van der Waals surface area (Å²) >= 11 is 0. The molecule has 2 atom stereocenters. The second-order valence-electron chi connectivity index (χ2n) is 4.05. The lowest BCUT2D eigenvalue weighted by Crippen LogP contribution is -2.31. The van der Waals surface area contributed by atoms with Crippen molar-refractivity contribution in [1.82, 2.24) is 0 Å². The smallest absolute Gasteiger partial charge is 0.338 e. The molecule has 0 heterocycles. The molecule has 114 valence electrons. The van der Waals surface area contributed by atoms with Crippen LogP contribution in [0.2, 0.25) is 0 Å². The van der Waals surface area contributed by atoms with Gasteiger partial charge in [0.25, 0.3) is 0 Å². The van der Waals surface area contributed by atoms with Gasteiger partial charge in [-0.15, -0.1) is 0 Å². The highest BCUT2D eigenvalue weighted by molar-refractivity contribution is 5.93. The molecule has 0 bridgehead atoms. The van der Waals surface area contributed by atoms with Crippen LogP contribution in [0.15, 0.2) is 18.2 Å². The molecular weight excluding hydrogens is 284 g/mol. The van der Waals surface area contributed by atoms with Gasteiger partial charge in [0.05, 0.1) is 17.7 Å². The van der Waals surface area contributed by atoms with Gasteiger partial charge in [-0.3, -0.25) is 0 Å². The number of rotatable bonds is 6. The van der Waals surface area contributed by atoms with Gasteiger partial charge in [-0.2, -0.15) is 0 Å². The van der Waals surface area contributed by atoms with Crippen LogP contribution in [-0.2, 0) is 9.53 Å². The van der Waals surface area contributed by atoms with Crippen molar-refractivity contribution >= 4 is 17.9 Å². The summed E-state index contributed by atoms with van der Waals surface area (Å²) in [5.74, 6) is -3.91. The van der Waals surface area contributed by atoms with Crippen molar-refractivity contribution in [3.05, 3.63) is 34.9 Å². The van der Waals surface area contributed by atoms with Gasteiger partial charge >= 0.3 is 17.9 Å². The van der Waals surface area contributed by atoms with Gasteiger partial charge < -0.3 is 25.2 Å². The lowest BCUT2D eigenvalue weighted by Gasteiger charge is -2.18. The van der Waals surface area contributed by atoms with Crippen molar-refractivity contribution in [1.29, 1.82) is 0 Å². The van der Waals surface area contributed by atoms with Gasteiger partial charge in [-0.05, 0) is 30.7 Å². The second kappa shape index (κ2) is 6.82. The Morgan fingerprint density at radius 3 is 2.24 bits per heavy atom. The molecule has 2 unspecified atom stereocenters. The average Bonchev–Trinajstić information content (AvgIpc) is 2.45. The molecule has 0 aliphatic rings. The van der Waals surface area contributed by atoms with Gasteiger partial charge in [0, 0.05) is 0 Å². The van der Waals surface area contributed by atoms with Crippen LogP contribution < -0.4 is 0 Å². The van der Waals surface area contributed by atoms with E-state index >= 15 is 0 Å². The third kappa shape index (κ3) is 3.77. The maximum absolute atomic E-state index is 11.4. The van der Waals surface area contributed by atoms with Crippen molar-refractivity contribution in [2.75, 3.05) is 6.61 Å². The molecule has 1 rings (SSSR count). The summed E-state index contributed by atoms with van der Waals surface area (Å²) in [6.45, 7) is 1.45. The quantitative estimate of drug-likeness (QED) is 0.539. The van der Waals surface area contributed by atoms with E-state index in [4.69, 9.17) is 10.2 Å². The van der Waals surface area contributed by atoms with Gasteiger partial charge in [-0.1, -0.05) is 0 Å². The molecular formula is C13H14O8. The standard InChI is InChI=1S/C13H14O8/c1-2-21-13(20)10(15)9(14)8-5-6(11(16)17)3-4-7(8)12(18)19/h3-5,9-10,14-15H,2H2,1H3,(H,16,17)(H,18,19). The Morgan fingerprint density at radius 1 is 1.14 bits per heavy atom. The van der Waals surface area contributed by atoms with Crippen molar-refractivity contribution in [3.63, 3.8) is 0 Å². The minimum Gasteiger partial charge on any atom is -0.478 e. The summed E-state index contributed by atoms with van der Waals surface area (Å²) in [6.07, 6.45) is -3.94. The molecule has 0 radical (unpaired) electrons. The van der Waals surface area contributed by atoms with Crippen LogP contribution in [0, 0.1) is 0 Å². The van der Waals surface area contributed by atoms with Gasteiger partial charge in [-0.25, -0.2) is 14.4 Å². The molecule has 8 heteroatoms. The number of hydrogen-bond acceptors (Lipinski definition) is 6. The van der Waals surface area contributed by atoms with Crippen molar-refractivity contribution in [3.8, 4) is 0 Å². The zero-order valence-electron chi connectivity index (χ0n) is 11.0. The Bertz CT molecular complexity index is 565. The zero-order valence-corrected chi connectivity index (χ0v) is 11.0. The fourth-order valence-corrected chi connectivity index (χ4v) is 1.66. The Morgan fingerprint density at radius 2 is 1.76 bits per heavy atom. The first-order chi connectivity index (χ1) is 9.79. The average molecular weight is 298 g/mol. The van der Waals surface area contributed by atoms with E-state index in [1.54, 1.807) is 0 Å². The minimum absolute atomic E-state index is 0.0381. The van der Waals surface area contributed by atoms with E-state index in [9.17, 15) is 24.6 Å². The summed E-state index contributed by atoms with van der Waals surface area (Å²) in [6, 6.07) is 2.90. The van der Waals surface area contributed by atoms with E-state index in [1.807, 2.05) is 0 Å². The molecule has 1 aromatic carbocycles. The highest BCUT2D eigenvalue weighted by Gasteiger charge is 2.30. The molecule has 0 fully saturated rings. The van der Waals surface area contributed by atoms with Gasteiger partial charge in [0.15, 0.2) is 6.10 Å². The number of carboxylic acids is 2. The van der Waals surface area contributed by atoms with E-state index in [2.05, 4.69) is 4.74 Å². The monoisotopic (exact) mass is 298 g/mol. The summed E-state index contributed by atoms with van der Waals surface area (Å²) in [5, 5.41) is 37.4. The van der Waals surface area contributed by atoms with Crippen LogP contribution in [-0.4, -0.2) is 51.0 Å². The number of aliphatic hydroxyl groups excluding tert-OH is 2. The molecule has 0 spiro atoms. The minimum atomic E-state index is -2.02. The lowest BCUT2D eigenvalue weighted by atomic mass is 9.96. The first-order valence-electron chi connectivity index (χ1n) is 5.92. The van der Waals surface area contributed by atoms with E-state index < -0.39 is 35.7 Å². The summed E-state index contributed by atoms with van der Waals surface area (Å²) < 4.78 is 4.51. The maximum atomic E-state index is 11.4. The topological polar surface area (TPSA) is 141 Å². The van der Waals surface area contributed by atoms with E-state index in [0.29, 0.717) is 0 Å². The van der Waals surface area contributed by atoms with Crippen LogP contribution >= 0.6 is 0 Å². The maximum Gasteiger partial charge on any atom is 0.338 e. The summed E-state index contributed by atoms with van der Waals surface area (Å²) in [4.78, 5) is 33.3. The van der Waals surface area contributed by atoms with Crippen LogP contribution in [0.3, 0.4) is 0 Å². The van der Waals surface area contributed by atoms with Crippen molar-refractivity contribution in [2.24, 2.45) is 0 Å². The Kier molecular flexibility index (Phi) is 5.39. The number of benzene rings is 1.